The molecule has 0 aliphatic carbocycles. The van der Waals surface area contributed by atoms with Gasteiger partial charge in [0.25, 0.3) is 5.91 Å². The third-order valence-electron chi connectivity index (χ3n) is 8.08. The summed E-state index contributed by atoms with van der Waals surface area (Å²) in [5, 5.41) is 26.2. The number of rotatable bonds is 11. The number of halogens is 2. The van der Waals surface area contributed by atoms with E-state index in [0.717, 1.165) is 43.5 Å². The predicted octanol–water partition coefficient (Wildman–Crippen LogP) is 6.89. The van der Waals surface area contributed by atoms with E-state index in [2.05, 4.69) is 41.0 Å². The van der Waals surface area contributed by atoms with Gasteiger partial charge >= 0.3 is 5.97 Å². The minimum absolute atomic E-state index is 0.0271. The number of hydrogen-bond acceptors (Lipinski definition) is 8. The third-order valence-corrected chi connectivity index (χ3v) is 8.08. The predicted molar refractivity (Wildman–Crippen MR) is 166 cm³/mol. The Bertz CT molecular complexity index is 1590. The first-order chi connectivity index (χ1) is 22.1. The Morgan fingerprint density at radius 3 is 2.04 bits per heavy atom. The van der Waals surface area contributed by atoms with Crippen molar-refractivity contribution in [2.75, 3.05) is 32.7 Å². The first-order valence-electron chi connectivity index (χ1n) is 15.2. The van der Waals surface area contributed by atoms with Crippen molar-refractivity contribution in [1.82, 2.24) is 10.2 Å². The van der Waals surface area contributed by atoms with Crippen LogP contribution in [0.25, 0.3) is 10.4 Å². The summed E-state index contributed by atoms with van der Waals surface area (Å²) in [6, 6.07) is 8.11. The standard InChI is InChI=1S/C27H22F2N4O6.C6H15N/c28-19-10-17-23(12-21(19)34)38-24-13-22(35)20(29)11-18(24)27(17)16-9-14(5-6-15(16)26(37)39-27)25(36)31-7-3-1-2-4-8-32-33-30;1-4-7(5-2)6-3/h5-6,9-13,34-35H,1-4,7-8H2,(H,31,36);4-6H2,1-3H3. The Labute approximate surface area is 265 Å². The minimum atomic E-state index is -1.92. The van der Waals surface area contributed by atoms with Crippen LogP contribution in [0.2, 0.25) is 0 Å². The summed E-state index contributed by atoms with van der Waals surface area (Å²) in [5.74, 6) is -4.90. The van der Waals surface area contributed by atoms with Gasteiger partial charge in [-0.3, -0.25) is 4.79 Å². The second kappa shape index (κ2) is 14.9. The molecule has 2 heterocycles. The second-order valence-electron chi connectivity index (χ2n) is 10.8. The molecule has 13 heteroatoms. The smallest absolute Gasteiger partial charge is 0.340 e. The molecule has 0 bridgehead atoms. The molecule has 0 unspecified atom stereocenters. The molecule has 0 fully saturated rings. The van der Waals surface area contributed by atoms with Gasteiger partial charge in [0.05, 0.1) is 16.7 Å². The highest BCUT2D eigenvalue weighted by molar-refractivity contribution is 6.00. The van der Waals surface area contributed by atoms with Crippen LogP contribution in [-0.2, 0) is 10.3 Å². The van der Waals surface area contributed by atoms with Crippen molar-refractivity contribution >= 4 is 11.9 Å². The van der Waals surface area contributed by atoms with Gasteiger partial charge in [0, 0.05) is 41.3 Å². The number of aromatic hydroxyl groups is 2. The van der Waals surface area contributed by atoms with Crippen LogP contribution in [0.1, 0.15) is 83.9 Å². The van der Waals surface area contributed by atoms with E-state index in [-0.39, 0.29) is 39.3 Å². The number of azide groups is 1. The van der Waals surface area contributed by atoms with Crippen molar-refractivity contribution in [3.63, 3.8) is 0 Å². The van der Waals surface area contributed by atoms with Crippen molar-refractivity contribution in [2.24, 2.45) is 5.11 Å². The van der Waals surface area contributed by atoms with Gasteiger partial charge in [0.1, 0.15) is 11.5 Å². The highest BCUT2D eigenvalue weighted by atomic mass is 19.1. The molecule has 0 radical (unpaired) electrons. The molecule has 0 atom stereocenters. The van der Waals surface area contributed by atoms with E-state index in [0.29, 0.717) is 19.5 Å². The first kappa shape index (κ1) is 34.0. The molecule has 11 nitrogen and oxygen atoms in total. The molecule has 244 valence electrons. The average molecular weight is 638 g/mol. The number of ether oxygens (including phenoxy) is 2. The van der Waals surface area contributed by atoms with Crippen LogP contribution < -0.4 is 10.1 Å². The number of carbonyl (C=O) groups is 2. The van der Waals surface area contributed by atoms with Gasteiger partial charge in [0.15, 0.2) is 28.7 Å². The Morgan fingerprint density at radius 2 is 1.50 bits per heavy atom. The number of esters is 1. The number of hydrogen-bond donors (Lipinski definition) is 3. The maximum absolute atomic E-state index is 14.6. The molecule has 0 aromatic heterocycles. The van der Waals surface area contributed by atoms with Crippen molar-refractivity contribution in [3.05, 3.63) is 92.4 Å². The molecular weight excluding hydrogens is 600 g/mol. The molecular formula is C33H37F2N5O6. The number of phenolic OH excluding ortho intramolecular Hbond substituents is 2. The van der Waals surface area contributed by atoms with Gasteiger partial charge in [0.2, 0.25) is 0 Å². The van der Waals surface area contributed by atoms with Crippen LogP contribution >= 0.6 is 0 Å². The molecule has 3 aromatic carbocycles. The van der Waals surface area contributed by atoms with Crippen LogP contribution in [0, 0.1) is 11.6 Å². The van der Waals surface area contributed by atoms with Gasteiger partial charge in [-0.25, -0.2) is 13.6 Å². The number of unbranched alkanes of at least 4 members (excludes halogenated alkanes) is 3. The van der Waals surface area contributed by atoms with E-state index in [4.69, 9.17) is 15.0 Å². The van der Waals surface area contributed by atoms with Gasteiger partial charge in [-0.15, -0.1) is 0 Å². The normalized spacial score (nSPS) is 13.4. The quantitative estimate of drug-likeness (QED) is 0.0679. The SMILES string of the molecule is CCN(CC)CC.[N-]=[N+]=NCCCCCCNC(=O)c1ccc2c(c1)C1(OC2=O)c2cc(F)c(O)cc2Oc2cc(O)c(F)cc21. The van der Waals surface area contributed by atoms with Crippen LogP contribution in [0.3, 0.4) is 0 Å². The fourth-order valence-corrected chi connectivity index (χ4v) is 5.55. The number of fused-ring (bicyclic) bond motifs is 6. The maximum atomic E-state index is 14.6. The zero-order chi connectivity index (χ0) is 33.4. The van der Waals surface area contributed by atoms with Crippen LogP contribution in [0.5, 0.6) is 23.0 Å². The highest BCUT2D eigenvalue weighted by Crippen LogP contribution is 2.57. The van der Waals surface area contributed by atoms with Gasteiger partial charge in [-0.2, -0.15) is 0 Å². The van der Waals surface area contributed by atoms with E-state index in [1.54, 1.807) is 0 Å². The number of nitrogens with zero attached hydrogens (tertiary/aromatic N) is 4. The maximum Gasteiger partial charge on any atom is 0.340 e. The molecule has 3 N–H and O–H groups in total. The lowest BCUT2D eigenvalue weighted by Gasteiger charge is -2.36. The fraction of sp³-hybridized carbons (Fsp3) is 0.394. The summed E-state index contributed by atoms with van der Waals surface area (Å²) in [5.41, 5.74) is 6.74. The monoisotopic (exact) mass is 637 g/mol. The van der Waals surface area contributed by atoms with Gasteiger partial charge in [-0.05, 0) is 68.3 Å². The molecule has 1 spiro atoms. The summed E-state index contributed by atoms with van der Waals surface area (Å²) in [6.07, 6.45) is 3.11. The summed E-state index contributed by atoms with van der Waals surface area (Å²) in [7, 11) is 0. The summed E-state index contributed by atoms with van der Waals surface area (Å²) in [6.45, 7) is 10.9. The number of benzene rings is 3. The molecule has 5 rings (SSSR count). The first-order valence-corrected chi connectivity index (χ1v) is 15.2. The topological polar surface area (TPSA) is 157 Å². The molecule has 1 amide bonds. The average Bonchev–Trinajstić information content (AvgIpc) is 3.33. The zero-order valence-electron chi connectivity index (χ0n) is 26.0. The highest BCUT2D eigenvalue weighted by Gasteiger charge is 2.54. The van der Waals surface area contributed by atoms with E-state index in [1.807, 2.05) is 0 Å². The van der Waals surface area contributed by atoms with Gasteiger partial charge in [-0.1, -0.05) is 38.7 Å². The number of phenols is 2. The van der Waals surface area contributed by atoms with E-state index >= 15 is 0 Å². The Hall–Kier alpha value is -4.87. The largest absolute Gasteiger partial charge is 0.505 e. The molecule has 0 saturated carbocycles. The zero-order valence-corrected chi connectivity index (χ0v) is 26.0. The number of nitrogens with one attached hydrogen (secondary N) is 1. The van der Waals surface area contributed by atoms with Crippen LogP contribution in [-0.4, -0.2) is 59.7 Å². The fourth-order valence-electron chi connectivity index (χ4n) is 5.55. The molecule has 46 heavy (non-hydrogen) atoms. The molecule has 3 aromatic rings. The van der Waals surface area contributed by atoms with Crippen molar-refractivity contribution in [1.29, 1.82) is 0 Å². The summed E-state index contributed by atoms with van der Waals surface area (Å²) >= 11 is 0. The number of carbonyl (C=O) groups excluding carboxylic acids is 2. The Kier molecular flexibility index (Phi) is 11.0. The molecule has 2 aliphatic rings. The lowest BCUT2D eigenvalue weighted by Crippen LogP contribution is -2.33. The van der Waals surface area contributed by atoms with Crippen molar-refractivity contribution in [3.8, 4) is 23.0 Å². The third kappa shape index (κ3) is 6.85. The minimum Gasteiger partial charge on any atom is -0.505 e. The Balaban J connectivity index is 0.000000617. The molecule has 2 aliphatic heterocycles. The second-order valence-corrected chi connectivity index (χ2v) is 10.8. The van der Waals surface area contributed by atoms with Gasteiger partial charge < -0.3 is 29.9 Å². The van der Waals surface area contributed by atoms with E-state index in [9.17, 15) is 28.6 Å². The van der Waals surface area contributed by atoms with Crippen LogP contribution in [0.15, 0.2) is 47.6 Å². The van der Waals surface area contributed by atoms with Crippen molar-refractivity contribution in [2.45, 2.75) is 52.1 Å². The van der Waals surface area contributed by atoms with Crippen LogP contribution in [0.4, 0.5) is 8.78 Å². The lowest BCUT2D eigenvalue weighted by molar-refractivity contribution is 0.0221. The Morgan fingerprint density at radius 1 is 0.913 bits per heavy atom. The van der Waals surface area contributed by atoms with E-state index < -0.39 is 40.6 Å². The van der Waals surface area contributed by atoms with Crippen molar-refractivity contribution < 1.29 is 38.1 Å². The summed E-state index contributed by atoms with van der Waals surface area (Å²) in [4.78, 5) is 31.0. The molecule has 0 saturated heterocycles. The lowest BCUT2D eigenvalue weighted by atomic mass is 9.77. The van der Waals surface area contributed by atoms with E-state index in [1.165, 1.54) is 37.8 Å². The number of amides is 1. The summed E-state index contributed by atoms with van der Waals surface area (Å²) < 4.78 is 40.7.